The number of phenolic OH excluding ortho intramolecular Hbond substituents is 1. The molecule has 0 spiro atoms. The number of benzene rings is 2. The van der Waals surface area contributed by atoms with Crippen molar-refractivity contribution in [1.29, 1.82) is 0 Å². The quantitative estimate of drug-likeness (QED) is 0.542. The molecule has 0 aliphatic heterocycles. The zero-order valence-corrected chi connectivity index (χ0v) is 16.7. The third kappa shape index (κ3) is 4.91. The van der Waals surface area contributed by atoms with Crippen LogP contribution in [0.3, 0.4) is 0 Å². The SMILES string of the molecule is CCCc1cc(C(=O)CC)c(O)c(CCC)c1Oc1ccccc1CC(=O)O. The number of rotatable bonds is 10. The van der Waals surface area contributed by atoms with Gasteiger partial charge < -0.3 is 14.9 Å². The van der Waals surface area contributed by atoms with Gasteiger partial charge in [-0.2, -0.15) is 0 Å². The minimum atomic E-state index is -0.939. The number of ether oxygens (including phenoxy) is 1. The van der Waals surface area contributed by atoms with E-state index in [2.05, 4.69) is 0 Å². The highest BCUT2D eigenvalue weighted by Crippen LogP contribution is 2.40. The monoisotopic (exact) mass is 384 g/mol. The number of Topliss-reactive ketones (excluding diaryl/α,β-unsaturated/α-hetero) is 1. The van der Waals surface area contributed by atoms with Crippen molar-refractivity contribution >= 4 is 11.8 Å². The van der Waals surface area contributed by atoms with Crippen molar-refractivity contribution < 1.29 is 24.5 Å². The number of carboxylic acid groups (broad SMARTS) is 1. The van der Waals surface area contributed by atoms with Gasteiger partial charge in [0.1, 0.15) is 17.2 Å². The van der Waals surface area contributed by atoms with E-state index in [1.54, 1.807) is 37.3 Å². The van der Waals surface area contributed by atoms with Crippen LogP contribution in [0.5, 0.6) is 17.2 Å². The van der Waals surface area contributed by atoms with Crippen molar-refractivity contribution in [2.24, 2.45) is 0 Å². The van der Waals surface area contributed by atoms with Crippen LogP contribution in [0.25, 0.3) is 0 Å². The van der Waals surface area contributed by atoms with E-state index in [4.69, 9.17) is 4.74 Å². The molecular weight excluding hydrogens is 356 g/mol. The number of carboxylic acids is 1. The van der Waals surface area contributed by atoms with Gasteiger partial charge in [0.2, 0.25) is 0 Å². The normalized spacial score (nSPS) is 10.7. The highest BCUT2D eigenvalue weighted by atomic mass is 16.5. The minimum absolute atomic E-state index is 0.0285. The van der Waals surface area contributed by atoms with E-state index in [0.29, 0.717) is 47.5 Å². The molecule has 5 nitrogen and oxygen atoms in total. The number of carbonyl (C=O) groups excluding carboxylic acids is 1. The molecule has 0 saturated carbocycles. The number of aryl methyl sites for hydroxylation is 1. The fourth-order valence-electron chi connectivity index (χ4n) is 3.26. The molecule has 0 amide bonds. The Kier molecular flexibility index (Phi) is 7.61. The van der Waals surface area contributed by atoms with Crippen molar-refractivity contribution in [3.8, 4) is 17.2 Å². The van der Waals surface area contributed by atoms with E-state index < -0.39 is 5.97 Å². The molecule has 0 aliphatic rings. The summed E-state index contributed by atoms with van der Waals surface area (Å²) >= 11 is 0. The average molecular weight is 384 g/mol. The Morgan fingerprint density at radius 1 is 1.00 bits per heavy atom. The van der Waals surface area contributed by atoms with Gasteiger partial charge in [0.15, 0.2) is 5.78 Å². The first-order valence-electron chi connectivity index (χ1n) is 9.81. The lowest BCUT2D eigenvalue weighted by Crippen LogP contribution is -2.07. The molecule has 0 radical (unpaired) electrons. The van der Waals surface area contributed by atoms with E-state index in [0.717, 1.165) is 18.4 Å². The molecule has 2 rings (SSSR count). The zero-order chi connectivity index (χ0) is 20.7. The first kappa shape index (κ1) is 21.5. The lowest BCUT2D eigenvalue weighted by atomic mass is 9.94. The maximum Gasteiger partial charge on any atom is 0.307 e. The van der Waals surface area contributed by atoms with Gasteiger partial charge in [0.25, 0.3) is 0 Å². The van der Waals surface area contributed by atoms with Crippen molar-refractivity contribution in [3.63, 3.8) is 0 Å². The molecule has 28 heavy (non-hydrogen) atoms. The van der Waals surface area contributed by atoms with Crippen LogP contribution in [0.2, 0.25) is 0 Å². The van der Waals surface area contributed by atoms with Crippen molar-refractivity contribution in [1.82, 2.24) is 0 Å². The van der Waals surface area contributed by atoms with E-state index in [-0.39, 0.29) is 18.0 Å². The number of aromatic hydroxyl groups is 1. The number of ketones is 1. The average Bonchev–Trinajstić information content (AvgIpc) is 2.67. The third-order valence-corrected chi connectivity index (χ3v) is 4.59. The predicted octanol–water partition coefficient (Wildman–Crippen LogP) is 5.31. The minimum Gasteiger partial charge on any atom is -0.507 e. The number of phenols is 1. The van der Waals surface area contributed by atoms with Gasteiger partial charge >= 0.3 is 5.97 Å². The Labute approximate surface area is 166 Å². The Morgan fingerprint density at radius 3 is 2.29 bits per heavy atom. The maximum absolute atomic E-state index is 12.3. The Hall–Kier alpha value is -2.82. The van der Waals surface area contributed by atoms with Crippen LogP contribution < -0.4 is 4.74 Å². The van der Waals surface area contributed by atoms with Gasteiger partial charge in [-0.1, -0.05) is 51.8 Å². The molecule has 0 saturated heterocycles. The van der Waals surface area contributed by atoms with Gasteiger partial charge in [0, 0.05) is 17.5 Å². The maximum atomic E-state index is 12.3. The molecule has 0 bridgehead atoms. The van der Waals surface area contributed by atoms with Crippen LogP contribution in [0.4, 0.5) is 0 Å². The summed E-state index contributed by atoms with van der Waals surface area (Å²) in [4.78, 5) is 23.5. The number of carbonyl (C=O) groups is 2. The predicted molar refractivity (Wildman–Crippen MR) is 109 cm³/mol. The molecule has 0 unspecified atom stereocenters. The van der Waals surface area contributed by atoms with Gasteiger partial charge in [-0.15, -0.1) is 0 Å². The van der Waals surface area contributed by atoms with E-state index in [1.807, 2.05) is 13.8 Å². The molecule has 2 aromatic rings. The second-order valence-electron chi connectivity index (χ2n) is 6.80. The summed E-state index contributed by atoms with van der Waals surface area (Å²) in [5.74, 6) is -0.0880. The standard InChI is InChI=1S/C23H28O5/c1-4-9-16-13-18(19(24)6-3)22(27)17(10-5-2)23(16)28-20-12-8-7-11-15(20)14-21(25)26/h7-8,11-13,27H,4-6,9-10,14H2,1-3H3,(H,25,26). The number of para-hydroxylation sites is 1. The molecule has 0 aromatic heterocycles. The van der Waals surface area contributed by atoms with Crippen LogP contribution in [-0.4, -0.2) is 22.0 Å². The lowest BCUT2D eigenvalue weighted by Gasteiger charge is -2.20. The van der Waals surface area contributed by atoms with Crippen LogP contribution >= 0.6 is 0 Å². The van der Waals surface area contributed by atoms with Gasteiger partial charge in [-0.25, -0.2) is 0 Å². The van der Waals surface area contributed by atoms with Gasteiger partial charge in [-0.3, -0.25) is 9.59 Å². The zero-order valence-electron chi connectivity index (χ0n) is 16.7. The molecule has 0 atom stereocenters. The van der Waals surface area contributed by atoms with E-state index >= 15 is 0 Å². The Balaban J connectivity index is 2.63. The third-order valence-electron chi connectivity index (χ3n) is 4.59. The summed E-state index contributed by atoms with van der Waals surface area (Å²) in [7, 11) is 0. The summed E-state index contributed by atoms with van der Waals surface area (Å²) in [6.07, 6.45) is 3.04. The van der Waals surface area contributed by atoms with Crippen LogP contribution in [-0.2, 0) is 24.1 Å². The van der Waals surface area contributed by atoms with Gasteiger partial charge in [-0.05, 0) is 30.5 Å². The largest absolute Gasteiger partial charge is 0.507 e. The van der Waals surface area contributed by atoms with Crippen molar-refractivity contribution in [3.05, 3.63) is 52.6 Å². The van der Waals surface area contributed by atoms with Gasteiger partial charge in [0.05, 0.1) is 12.0 Å². The molecule has 5 heteroatoms. The second kappa shape index (κ2) is 9.93. The summed E-state index contributed by atoms with van der Waals surface area (Å²) < 4.78 is 6.19. The first-order chi connectivity index (χ1) is 13.4. The summed E-state index contributed by atoms with van der Waals surface area (Å²) in [6, 6.07) is 8.72. The number of hydrogen-bond donors (Lipinski definition) is 2. The summed E-state index contributed by atoms with van der Waals surface area (Å²) in [6.45, 7) is 5.80. The fraction of sp³-hybridized carbons (Fsp3) is 0.391. The van der Waals surface area contributed by atoms with Crippen LogP contribution in [0, 0.1) is 0 Å². The molecule has 0 fully saturated rings. The van der Waals surface area contributed by atoms with Crippen LogP contribution in [0.1, 0.15) is 67.1 Å². The topological polar surface area (TPSA) is 83.8 Å². The number of hydrogen-bond acceptors (Lipinski definition) is 4. The van der Waals surface area contributed by atoms with E-state index in [9.17, 15) is 19.8 Å². The highest BCUT2D eigenvalue weighted by Gasteiger charge is 2.22. The van der Waals surface area contributed by atoms with E-state index in [1.165, 1.54) is 0 Å². The smallest absolute Gasteiger partial charge is 0.307 e. The highest BCUT2D eigenvalue weighted by molar-refractivity contribution is 5.99. The Bertz CT molecular complexity index is 854. The first-order valence-corrected chi connectivity index (χ1v) is 9.81. The molecule has 2 N–H and O–H groups in total. The Morgan fingerprint density at radius 2 is 1.68 bits per heavy atom. The fourth-order valence-corrected chi connectivity index (χ4v) is 3.26. The lowest BCUT2D eigenvalue weighted by molar-refractivity contribution is -0.136. The van der Waals surface area contributed by atoms with Crippen molar-refractivity contribution in [2.75, 3.05) is 0 Å². The van der Waals surface area contributed by atoms with Crippen molar-refractivity contribution in [2.45, 2.75) is 59.3 Å². The number of aliphatic carboxylic acids is 1. The summed E-state index contributed by atoms with van der Waals surface area (Å²) in [5.41, 5.74) is 2.36. The molecule has 0 aliphatic carbocycles. The van der Waals surface area contributed by atoms with Crippen LogP contribution in [0.15, 0.2) is 30.3 Å². The molecule has 0 heterocycles. The summed E-state index contributed by atoms with van der Waals surface area (Å²) in [5, 5.41) is 20.0. The molecule has 2 aromatic carbocycles. The molecular formula is C23H28O5. The molecule has 150 valence electrons. The second-order valence-corrected chi connectivity index (χ2v) is 6.80.